The van der Waals surface area contributed by atoms with Crippen LogP contribution in [0.5, 0.6) is 0 Å². The lowest BCUT2D eigenvalue weighted by Gasteiger charge is -2.30. The van der Waals surface area contributed by atoms with Crippen LogP contribution in [0.25, 0.3) is 0 Å². The summed E-state index contributed by atoms with van der Waals surface area (Å²) in [6.45, 7) is 3.10. The van der Waals surface area contributed by atoms with Gasteiger partial charge in [0.15, 0.2) is 0 Å². The molecule has 0 N–H and O–H groups in total. The van der Waals surface area contributed by atoms with Crippen LogP contribution in [0.1, 0.15) is 36.0 Å². The predicted octanol–water partition coefficient (Wildman–Crippen LogP) is 2.59. The molecule has 1 aliphatic heterocycles. The number of nitrogens with zero attached hydrogens (tertiary/aromatic N) is 1. The van der Waals surface area contributed by atoms with Crippen LogP contribution in [-0.4, -0.2) is 24.3 Å². The Balaban J connectivity index is 1.67. The second-order valence-corrected chi connectivity index (χ2v) is 5.73. The largest absolute Gasteiger partial charge is 0.303 e. The molecule has 2 heteroatoms. The lowest BCUT2D eigenvalue weighted by molar-refractivity contribution is -0.112. The summed E-state index contributed by atoms with van der Waals surface area (Å²) in [6, 6.07) is 6.96. The Morgan fingerprint density at radius 1 is 1.22 bits per heavy atom. The molecule has 1 aromatic rings. The molecular formula is C16H21NO. The predicted molar refractivity (Wildman–Crippen MR) is 72.5 cm³/mol. The van der Waals surface area contributed by atoms with E-state index in [4.69, 9.17) is 0 Å². The molecule has 96 valence electrons. The number of carbonyl (C=O) groups excluding carboxylic acids is 1. The zero-order chi connectivity index (χ0) is 12.4. The summed E-state index contributed by atoms with van der Waals surface area (Å²) in [5.74, 6) is 0.258. The van der Waals surface area contributed by atoms with Crippen LogP contribution >= 0.6 is 0 Å². The molecule has 0 saturated carbocycles. The highest BCUT2D eigenvalue weighted by atomic mass is 16.1. The first-order chi connectivity index (χ1) is 8.85. The summed E-state index contributed by atoms with van der Waals surface area (Å²) in [5, 5.41) is 0. The van der Waals surface area contributed by atoms with E-state index in [1.807, 2.05) is 0 Å². The van der Waals surface area contributed by atoms with Gasteiger partial charge in [0.25, 0.3) is 0 Å². The molecule has 2 aliphatic rings. The minimum atomic E-state index is 0.258. The molecule has 1 aliphatic carbocycles. The van der Waals surface area contributed by atoms with E-state index < -0.39 is 0 Å². The Morgan fingerprint density at radius 2 is 2.11 bits per heavy atom. The number of aryl methyl sites for hydroxylation is 2. The van der Waals surface area contributed by atoms with Crippen LogP contribution in [0.15, 0.2) is 18.2 Å². The second-order valence-electron chi connectivity index (χ2n) is 5.73. The van der Waals surface area contributed by atoms with Gasteiger partial charge in [-0.15, -0.1) is 0 Å². The zero-order valence-corrected chi connectivity index (χ0v) is 10.9. The van der Waals surface area contributed by atoms with Gasteiger partial charge in [0.1, 0.15) is 6.29 Å². The Hall–Kier alpha value is -1.15. The molecule has 1 heterocycles. The Kier molecular flexibility index (Phi) is 3.46. The van der Waals surface area contributed by atoms with Crippen LogP contribution < -0.4 is 0 Å². The fourth-order valence-corrected chi connectivity index (χ4v) is 3.33. The first-order valence-electron chi connectivity index (χ1n) is 7.13. The molecule has 1 atom stereocenters. The summed E-state index contributed by atoms with van der Waals surface area (Å²) < 4.78 is 0. The van der Waals surface area contributed by atoms with Crippen LogP contribution in [-0.2, 0) is 24.2 Å². The van der Waals surface area contributed by atoms with Gasteiger partial charge in [-0.3, -0.25) is 4.90 Å². The van der Waals surface area contributed by atoms with Crippen molar-refractivity contribution in [3.05, 3.63) is 34.9 Å². The highest BCUT2D eigenvalue weighted by Gasteiger charge is 2.19. The number of likely N-dealkylation sites (tertiary alicyclic amines) is 1. The lowest BCUT2D eigenvalue weighted by Crippen LogP contribution is -2.35. The van der Waals surface area contributed by atoms with E-state index >= 15 is 0 Å². The fourth-order valence-electron chi connectivity index (χ4n) is 3.33. The van der Waals surface area contributed by atoms with Crippen molar-refractivity contribution in [1.82, 2.24) is 4.90 Å². The minimum absolute atomic E-state index is 0.258. The lowest BCUT2D eigenvalue weighted by atomic mass is 9.98. The molecule has 18 heavy (non-hydrogen) atoms. The number of rotatable bonds is 3. The maximum absolute atomic E-state index is 10.9. The average molecular weight is 243 g/mol. The van der Waals surface area contributed by atoms with Crippen LogP contribution in [0.2, 0.25) is 0 Å². The highest BCUT2D eigenvalue weighted by Crippen LogP contribution is 2.24. The van der Waals surface area contributed by atoms with Crippen molar-refractivity contribution in [3.8, 4) is 0 Å². The van der Waals surface area contributed by atoms with Crippen molar-refractivity contribution in [2.24, 2.45) is 5.92 Å². The molecule has 0 radical (unpaired) electrons. The molecule has 0 spiro atoms. The van der Waals surface area contributed by atoms with Gasteiger partial charge in [0.2, 0.25) is 0 Å². The smallest absolute Gasteiger partial charge is 0.124 e. The zero-order valence-electron chi connectivity index (χ0n) is 10.9. The molecule has 1 unspecified atom stereocenters. The summed E-state index contributed by atoms with van der Waals surface area (Å²) in [7, 11) is 0. The highest BCUT2D eigenvalue weighted by molar-refractivity contribution is 5.54. The summed E-state index contributed by atoms with van der Waals surface area (Å²) in [5.41, 5.74) is 4.52. The Morgan fingerprint density at radius 3 is 3.00 bits per heavy atom. The number of carbonyl (C=O) groups is 1. The van der Waals surface area contributed by atoms with Crippen LogP contribution in [0, 0.1) is 5.92 Å². The van der Waals surface area contributed by atoms with Crippen molar-refractivity contribution in [3.63, 3.8) is 0 Å². The van der Waals surface area contributed by atoms with E-state index in [1.165, 1.54) is 24.8 Å². The van der Waals surface area contributed by atoms with Gasteiger partial charge < -0.3 is 4.79 Å². The van der Waals surface area contributed by atoms with Gasteiger partial charge in [0, 0.05) is 19.0 Å². The van der Waals surface area contributed by atoms with E-state index in [9.17, 15) is 4.79 Å². The van der Waals surface area contributed by atoms with Crippen molar-refractivity contribution in [2.75, 3.05) is 13.1 Å². The number of piperidine rings is 1. The van der Waals surface area contributed by atoms with E-state index in [0.717, 1.165) is 38.8 Å². The number of aldehydes is 1. The first kappa shape index (κ1) is 11.9. The van der Waals surface area contributed by atoms with Crippen molar-refractivity contribution >= 4 is 6.29 Å². The number of hydrogen-bond donors (Lipinski definition) is 0. The third kappa shape index (κ3) is 2.49. The van der Waals surface area contributed by atoms with Gasteiger partial charge in [0.05, 0.1) is 0 Å². The molecule has 0 amide bonds. The monoisotopic (exact) mass is 243 g/mol. The molecule has 0 bridgehead atoms. The first-order valence-corrected chi connectivity index (χ1v) is 7.13. The Bertz CT molecular complexity index is 441. The van der Waals surface area contributed by atoms with Gasteiger partial charge in [-0.25, -0.2) is 0 Å². The third-order valence-corrected chi connectivity index (χ3v) is 4.30. The van der Waals surface area contributed by atoms with Crippen LogP contribution in [0.3, 0.4) is 0 Å². The number of fused-ring (bicyclic) bond motifs is 1. The molecule has 1 fully saturated rings. The molecule has 0 aromatic heterocycles. The third-order valence-electron chi connectivity index (χ3n) is 4.30. The minimum Gasteiger partial charge on any atom is -0.303 e. The standard InChI is InChI=1S/C16H21NO/c18-12-14-3-2-8-17(11-14)10-13-6-7-15-4-1-5-16(15)9-13/h6-7,9,12,14H,1-5,8,10-11H2. The van der Waals surface area contributed by atoms with Crippen molar-refractivity contribution in [1.29, 1.82) is 0 Å². The molecule has 2 nitrogen and oxygen atoms in total. The fraction of sp³-hybridized carbons (Fsp3) is 0.562. The van der Waals surface area contributed by atoms with E-state index in [2.05, 4.69) is 23.1 Å². The Labute approximate surface area is 109 Å². The summed E-state index contributed by atoms with van der Waals surface area (Å²) in [4.78, 5) is 13.3. The molecular weight excluding hydrogens is 222 g/mol. The van der Waals surface area contributed by atoms with Crippen LogP contribution in [0.4, 0.5) is 0 Å². The van der Waals surface area contributed by atoms with E-state index in [0.29, 0.717) is 0 Å². The summed E-state index contributed by atoms with van der Waals surface area (Å²) >= 11 is 0. The maximum Gasteiger partial charge on any atom is 0.124 e. The number of benzene rings is 1. The molecule has 1 saturated heterocycles. The van der Waals surface area contributed by atoms with Gasteiger partial charge in [-0.2, -0.15) is 0 Å². The topological polar surface area (TPSA) is 20.3 Å². The molecule has 3 rings (SSSR count). The second kappa shape index (κ2) is 5.23. The SMILES string of the molecule is O=CC1CCCN(Cc2ccc3c(c2)CCC3)C1. The van der Waals surface area contributed by atoms with E-state index in [-0.39, 0.29) is 5.92 Å². The van der Waals surface area contributed by atoms with Gasteiger partial charge >= 0.3 is 0 Å². The maximum atomic E-state index is 10.9. The number of hydrogen-bond acceptors (Lipinski definition) is 2. The van der Waals surface area contributed by atoms with Gasteiger partial charge in [-0.1, -0.05) is 18.2 Å². The normalized spacial score (nSPS) is 23.9. The summed E-state index contributed by atoms with van der Waals surface area (Å²) in [6.07, 6.45) is 7.19. The van der Waals surface area contributed by atoms with Crippen molar-refractivity contribution in [2.45, 2.75) is 38.6 Å². The van der Waals surface area contributed by atoms with Gasteiger partial charge in [-0.05, 0) is 55.3 Å². The average Bonchev–Trinajstić information content (AvgIpc) is 2.86. The van der Waals surface area contributed by atoms with E-state index in [1.54, 1.807) is 11.1 Å². The molecule has 1 aromatic carbocycles. The van der Waals surface area contributed by atoms with Crippen molar-refractivity contribution < 1.29 is 4.79 Å². The quantitative estimate of drug-likeness (QED) is 0.761.